The Labute approximate surface area is 132 Å². The van der Waals surface area contributed by atoms with Gasteiger partial charge in [0.05, 0.1) is 12.8 Å². The Morgan fingerprint density at radius 2 is 2.13 bits per heavy atom. The van der Waals surface area contributed by atoms with Crippen LogP contribution in [0.1, 0.15) is 12.3 Å². The minimum Gasteiger partial charge on any atom is -0.459 e. The summed E-state index contributed by atoms with van der Waals surface area (Å²) >= 11 is 0. The second-order valence-electron chi connectivity index (χ2n) is 5.42. The predicted octanol–water partition coefficient (Wildman–Crippen LogP) is 1.81. The maximum absolute atomic E-state index is 5.64. The number of aromatic nitrogens is 4. The molecule has 1 fully saturated rings. The van der Waals surface area contributed by atoms with Crippen LogP contribution in [0.25, 0.3) is 11.7 Å². The van der Waals surface area contributed by atoms with Crippen LogP contribution in [0.4, 0.5) is 5.95 Å². The SMILES string of the molecule is c1cnc(NC2CCN(Cc3nnc(-c4ccco4)o3)C2)nc1. The van der Waals surface area contributed by atoms with Gasteiger partial charge < -0.3 is 14.2 Å². The Kier molecular flexibility index (Phi) is 3.73. The molecule has 4 heterocycles. The highest BCUT2D eigenvalue weighted by Gasteiger charge is 2.24. The summed E-state index contributed by atoms with van der Waals surface area (Å²) in [5, 5.41) is 11.4. The van der Waals surface area contributed by atoms with Gasteiger partial charge in [-0.05, 0) is 24.6 Å². The zero-order valence-electron chi connectivity index (χ0n) is 12.4. The Balaban J connectivity index is 1.34. The van der Waals surface area contributed by atoms with E-state index in [4.69, 9.17) is 8.83 Å². The number of likely N-dealkylation sites (tertiary alicyclic amines) is 1. The lowest BCUT2D eigenvalue weighted by molar-refractivity contribution is 0.289. The first-order valence-corrected chi connectivity index (χ1v) is 7.49. The minimum atomic E-state index is 0.324. The predicted molar refractivity (Wildman–Crippen MR) is 81.3 cm³/mol. The smallest absolute Gasteiger partial charge is 0.283 e. The fraction of sp³-hybridized carbons (Fsp3) is 0.333. The van der Waals surface area contributed by atoms with E-state index < -0.39 is 0 Å². The third-order valence-electron chi connectivity index (χ3n) is 3.73. The molecule has 8 nitrogen and oxygen atoms in total. The van der Waals surface area contributed by atoms with Crippen LogP contribution in [0.5, 0.6) is 0 Å². The quantitative estimate of drug-likeness (QED) is 0.762. The lowest BCUT2D eigenvalue weighted by Gasteiger charge is -2.14. The molecule has 3 aromatic rings. The van der Waals surface area contributed by atoms with Gasteiger partial charge in [-0.1, -0.05) is 0 Å². The molecular formula is C15H16N6O2. The Morgan fingerprint density at radius 3 is 2.96 bits per heavy atom. The largest absolute Gasteiger partial charge is 0.459 e. The second-order valence-corrected chi connectivity index (χ2v) is 5.42. The molecule has 3 aromatic heterocycles. The average molecular weight is 312 g/mol. The molecule has 118 valence electrons. The number of hydrogen-bond acceptors (Lipinski definition) is 8. The van der Waals surface area contributed by atoms with Crippen LogP contribution < -0.4 is 5.32 Å². The van der Waals surface area contributed by atoms with Crippen molar-refractivity contribution in [3.8, 4) is 11.7 Å². The molecule has 1 atom stereocenters. The number of rotatable bonds is 5. The Morgan fingerprint density at radius 1 is 1.22 bits per heavy atom. The molecule has 1 aliphatic heterocycles. The van der Waals surface area contributed by atoms with Crippen molar-refractivity contribution in [1.82, 2.24) is 25.1 Å². The lowest BCUT2D eigenvalue weighted by atomic mass is 10.3. The van der Waals surface area contributed by atoms with Gasteiger partial charge >= 0.3 is 0 Å². The van der Waals surface area contributed by atoms with Crippen LogP contribution in [-0.2, 0) is 6.54 Å². The van der Waals surface area contributed by atoms with Crippen LogP contribution in [0.3, 0.4) is 0 Å². The number of furan rings is 1. The lowest BCUT2D eigenvalue weighted by Crippen LogP contribution is -2.26. The topological polar surface area (TPSA) is 93.1 Å². The highest BCUT2D eigenvalue weighted by molar-refractivity contribution is 5.42. The monoisotopic (exact) mass is 312 g/mol. The van der Waals surface area contributed by atoms with Gasteiger partial charge in [-0.3, -0.25) is 4.90 Å². The van der Waals surface area contributed by atoms with Crippen molar-refractivity contribution in [2.24, 2.45) is 0 Å². The van der Waals surface area contributed by atoms with Gasteiger partial charge in [0.2, 0.25) is 11.8 Å². The fourth-order valence-electron chi connectivity index (χ4n) is 2.66. The molecule has 0 bridgehead atoms. The molecule has 1 N–H and O–H groups in total. The molecule has 8 heteroatoms. The number of hydrogen-bond donors (Lipinski definition) is 1. The Hall–Kier alpha value is -2.74. The van der Waals surface area contributed by atoms with Crippen LogP contribution in [0.2, 0.25) is 0 Å². The standard InChI is InChI=1S/C15H16N6O2/c1-3-12(22-8-1)14-20-19-13(23-14)10-21-7-4-11(9-21)18-15-16-5-2-6-17-15/h1-3,5-6,8,11H,4,7,9-10H2,(H,16,17,18). The van der Waals surface area contributed by atoms with Crippen molar-refractivity contribution >= 4 is 5.95 Å². The molecule has 1 unspecified atom stereocenters. The van der Waals surface area contributed by atoms with E-state index in [0.717, 1.165) is 19.5 Å². The summed E-state index contributed by atoms with van der Waals surface area (Å²) in [6.07, 6.45) is 6.08. The maximum atomic E-state index is 5.64. The summed E-state index contributed by atoms with van der Waals surface area (Å²) in [5.74, 6) is 2.26. The highest BCUT2D eigenvalue weighted by Crippen LogP contribution is 2.20. The van der Waals surface area contributed by atoms with Crippen LogP contribution in [0, 0.1) is 0 Å². The van der Waals surface area contributed by atoms with Gasteiger partial charge in [-0.25, -0.2) is 9.97 Å². The summed E-state index contributed by atoms with van der Waals surface area (Å²) in [4.78, 5) is 10.6. The molecular weight excluding hydrogens is 296 g/mol. The molecule has 4 rings (SSSR count). The van der Waals surface area contributed by atoms with Crippen molar-refractivity contribution in [3.63, 3.8) is 0 Å². The summed E-state index contributed by atoms with van der Waals surface area (Å²) in [5.41, 5.74) is 0. The molecule has 1 aliphatic rings. The summed E-state index contributed by atoms with van der Waals surface area (Å²) < 4.78 is 10.9. The first-order chi connectivity index (χ1) is 11.4. The Bertz CT molecular complexity index is 742. The molecule has 0 radical (unpaired) electrons. The fourth-order valence-corrected chi connectivity index (χ4v) is 2.66. The van der Waals surface area contributed by atoms with Gasteiger partial charge in [0, 0.05) is 31.5 Å². The summed E-state index contributed by atoms with van der Waals surface area (Å²) in [7, 11) is 0. The second kappa shape index (κ2) is 6.17. The third kappa shape index (κ3) is 3.21. The summed E-state index contributed by atoms with van der Waals surface area (Å²) in [6.45, 7) is 2.47. The highest BCUT2D eigenvalue weighted by atomic mass is 16.4. The first-order valence-electron chi connectivity index (χ1n) is 7.49. The molecule has 23 heavy (non-hydrogen) atoms. The van der Waals surface area contributed by atoms with Gasteiger partial charge in [-0.15, -0.1) is 10.2 Å². The van der Waals surface area contributed by atoms with Crippen LogP contribution in [-0.4, -0.2) is 44.2 Å². The van der Waals surface area contributed by atoms with Crippen LogP contribution >= 0.6 is 0 Å². The van der Waals surface area contributed by atoms with Crippen molar-refractivity contribution in [1.29, 1.82) is 0 Å². The molecule has 0 spiro atoms. The van der Waals surface area contributed by atoms with E-state index in [1.807, 2.05) is 0 Å². The van der Waals surface area contributed by atoms with E-state index in [1.165, 1.54) is 0 Å². The molecule has 0 aromatic carbocycles. The first kappa shape index (κ1) is 13.9. The van der Waals surface area contributed by atoms with Gasteiger partial charge in [0.1, 0.15) is 0 Å². The van der Waals surface area contributed by atoms with Gasteiger partial charge in [0.15, 0.2) is 5.76 Å². The van der Waals surface area contributed by atoms with E-state index >= 15 is 0 Å². The number of nitrogens with one attached hydrogen (secondary N) is 1. The van der Waals surface area contributed by atoms with Crippen LogP contribution in [0.15, 0.2) is 45.7 Å². The normalized spacial score (nSPS) is 18.3. The number of nitrogens with zero attached hydrogens (tertiary/aromatic N) is 5. The molecule has 1 saturated heterocycles. The zero-order chi connectivity index (χ0) is 15.5. The van der Waals surface area contributed by atoms with Crippen molar-refractivity contribution in [2.75, 3.05) is 18.4 Å². The van der Waals surface area contributed by atoms with Crippen molar-refractivity contribution in [2.45, 2.75) is 19.0 Å². The van der Waals surface area contributed by atoms with E-state index in [1.54, 1.807) is 36.9 Å². The summed E-state index contributed by atoms with van der Waals surface area (Å²) in [6, 6.07) is 5.72. The number of anilines is 1. The van der Waals surface area contributed by atoms with E-state index in [-0.39, 0.29) is 0 Å². The average Bonchev–Trinajstić information content (AvgIpc) is 3.30. The molecule has 0 aliphatic carbocycles. The van der Waals surface area contributed by atoms with Gasteiger partial charge in [0.25, 0.3) is 5.89 Å². The van der Waals surface area contributed by atoms with E-state index in [9.17, 15) is 0 Å². The van der Waals surface area contributed by atoms with Gasteiger partial charge in [-0.2, -0.15) is 0 Å². The molecule has 0 amide bonds. The van der Waals surface area contributed by atoms with Crippen molar-refractivity contribution < 1.29 is 8.83 Å². The third-order valence-corrected chi connectivity index (χ3v) is 3.73. The molecule has 0 saturated carbocycles. The van der Waals surface area contributed by atoms with Crippen molar-refractivity contribution in [3.05, 3.63) is 42.7 Å². The van der Waals surface area contributed by atoms with E-state index in [0.29, 0.717) is 36.1 Å². The maximum Gasteiger partial charge on any atom is 0.283 e. The zero-order valence-corrected chi connectivity index (χ0v) is 12.4. The van der Waals surface area contributed by atoms with E-state index in [2.05, 4.69) is 30.4 Å². The minimum absolute atomic E-state index is 0.324.